The predicted octanol–water partition coefficient (Wildman–Crippen LogP) is 3.16. The fourth-order valence-electron chi connectivity index (χ4n) is 2.13. The maximum absolute atomic E-state index is 3.58. The summed E-state index contributed by atoms with van der Waals surface area (Å²) in [4.78, 5) is 0. The van der Waals surface area contributed by atoms with Gasteiger partial charge in [0.05, 0.1) is 0 Å². The monoisotopic (exact) mass is 215 g/mol. The summed E-state index contributed by atoms with van der Waals surface area (Å²) in [6, 6.07) is 0. The standard InChI is InChI=1S/C12H25NS/c1-3-14-9-8-13-10-12-6-4-11(2)5-7-12/h11-13H,3-10H2,1-2H3. The molecule has 0 aromatic heterocycles. The molecule has 1 aliphatic rings. The van der Waals surface area contributed by atoms with Gasteiger partial charge in [0.1, 0.15) is 0 Å². The van der Waals surface area contributed by atoms with E-state index in [4.69, 9.17) is 0 Å². The number of nitrogens with one attached hydrogen (secondary N) is 1. The molecule has 0 aliphatic heterocycles. The van der Waals surface area contributed by atoms with E-state index < -0.39 is 0 Å². The molecule has 0 aromatic rings. The Morgan fingerprint density at radius 1 is 1.21 bits per heavy atom. The first kappa shape index (κ1) is 12.4. The van der Waals surface area contributed by atoms with E-state index in [0.717, 1.165) is 11.8 Å². The molecule has 1 saturated carbocycles. The van der Waals surface area contributed by atoms with Gasteiger partial charge in [-0.25, -0.2) is 0 Å². The predicted molar refractivity (Wildman–Crippen MR) is 67.0 cm³/mol. The second-order valence-corrected chi connectivity index (χ2v) is 5.92. The van der Waals surface area contributed by atoms with Crippen LogP contribution in [0.3, 0.4) is 0 Å². The minimum atomic E-state index is 0.970. The molecule has 1 fully saturated rings. The number of rotatable bonds is 6. The normalized spacial score (nSPS) is 27.9. The zero-order chi connectivity index (χ0) is 10.2. The highest BCUT2D eigenvalue weighted by molar-refractivity contribution is 7.99. The SMILES string of the molecule is CCSCCNCC1CCC(C)CC1. The minimum Gasteiger partial charge on any atom is -0.316 e. The molecule has 0 radical (unpaired) electrons. The first-order valence-electron chi connectivity index (χ1n) is 6.11. The fraction of sp³-hybridized carbons (Fsp3) is 1.00. The largest absolute Gasteiger partial charge is 0.316 e. The highest BCUT2D eigenvalue weighted by Gasteiger charge is 2.17. The van der Waals surface area contributed by atoms with Crippen LogP contribution in [0.15, 0.2) is 0 Å². The van der Waals surface area contributed by atoms with Crippen LogP contribution in [0.25, 0.3) is 0 Å². The van der Waals surface area contributed by atoms with E-state index in [1.807, 2.05) is 11.8 Å². The van der Waals surface area contributed by atoms with Gasteiger partial charge in [-0.3, -0.25) is 0 Å². The Morgan fingerprint density at radius 2 is 1.93 bits per heavy atom. The van der Waals surface area contributed by atoms with E-state index in [9.17, 15) is 0 Å². The van der Waals surface area contributed by atoms with Crippen molar-refractivity contribution < 1.29 is 0 Å². The van der Waals surface area contributed by atoms with Crippen LogP contribution in [0.5, 0.6) is 0 Å². The molecule has 0 heterocycles. The Labute approximate surface area is 93.4 Å². The van der Waals surface area contributed by atoms with Crippen LogP contribution in [0.2, 0.25) is 0 Å². The van der Waals surface area contributed by atoms with Crippen LogP contribution in [-0.4, -0.2) is 24.6 Å². The summed E-state index contributed by atoms with van der Waals surface area (Å²) in [5, 5.41) is 3.58. The van der Waals surface area contributed by atoms with Crippen LogP contribution in [0, 0.1) is 11.8 Å². The van der Waals surface area contributed by atoms with E-state index in [-0.39, 0.29) is 0 Å². The maximum Gasteiger partial charge on any atom is 0.00580 e. The molecule has 1 rings (SSSR count). The van der Waals surface area contributed by atoms with Gasteiger partial charge < -0.3 is 5.32 Å². The van der Waals surface area contributed by atoms with Gasteiger partial charge in [-0.15, -0.1) is 0 Å². The molecule has 84 valence electrons. The average Bonchev–Trinajstić information content (AvgIpc) is 2.21. The van der Waals surface area contributed by atoms with Crippen molar-refractivity contribution in [2.75, 3.05) is 24.6 Å². The molecule has 0 saturated heterocycles. The second kappa shape index (κ2) is 7.58. The molecule has 2 heteroatoms. The van der Waals surface area contributed by atoms with Gasteiger partial charge in [-0.2, -0.15) is 11.8 Å². The first-order valence-corrected chi connectivity index (χ1v) is 7.26. The molecule has 0 bridgehead atoms. The molecule has 0 atom stereocenters. The summed E-state index contributed by atoms with van der Waals surface area (Å²) in [5.41, 5.74) is 0. The van der Waals surface area contributed by atoms with Gasteiger partial charge in [-0.1, -0.05) is 26.7 Å². The summed E-state index contributed by atoms with van der Waals surface area (Å²) in [7, 11) is 0. The molecule has 0 spiro atoms. The molecule has 0 unspecified atom stereocenters. The van der Waals surface area contributed by atoms with Crippen molar-refractivity contribution in [3.63, 3.8) is 0 Å². The van der Waals surface area contributed by atoms with Crippen molar-refractivity contribution in [3.8, 4) is 0 Å². The van der Waals surface area contributed by atoms with Crippen LogP contribution in [0.1, 0.15) is 39.5 Å². The molecule has 0 aromatic carbocycles. The van der Waals surface area contributed by atoms with Gasteiger partial charge in [0.2, 0.25) is 0 Å². The van der Waals surface area contributed by atoms with E-state index in [1.54, 1.807) is 0 Å². The third kappa shape index (κ3) is 5.26. The molecule has 1 aliphatic carbocycles. The Kier molecular flexibility index (Phi) is 6.70. The van der Waals surface area contributed by atoms with Gasteiger partial charge in [0.15, 0.2) is 0 Å². The van der Waals surface area contributed by atoms with E-state index in [2.05, 4.69) is 19.2 Å². The third-order valence-electron chi connectivity index (χ3n) is 3.20. The van der Waals surface area contributed by atoms with Gasteiger partial charge in [0, 0.05) is 12.3 Å². The summed E-state index contributed by atoms with van der Waals surface area (Å²) in [6.07, 6.45) is 5.82. The minimum absolute atomic E-state index is 0.970. The van der Waals surface area contributed by atoms with Crippen LogP contribution >= 0.6 is 11.8 Å². The lowest BCUT2D eigenvalue weighted by atomic mass is 9.83. The van der Waals surface area contributed by atoms with Crippen LogP contribution < -0.4 is 5.32 Å². The Bertz CT molecular complexity index is 130. The molecular formula is C12H25NS. The Hall–Kier alpha value is 0.310. The fourth-order valence-corrected chi connectivity index (χ4v) is 2.71. The van der Waals surface area contributed by atoms with Crippen molar-refractivity contribution >= 4 is 11.8 Å². The second-order valence-electron chi connectivity index (χ2n) is 4.53. The highest BCUT2D eigenvalue weighted by atomic mass is 32.2. The molecular weight excluding hydrogens is 190 g/mol. The molecule has 1 N–H and O–H groups in total. The van der Waals surface area contributed by atoms with Gasteiger partial charge in [0.25, 0.3) is 0 Å². The van der Waals surface area contributed by atoms with Crippen LogP contribution in [0.4, 0.5) is 0 Å². The van der Waals surface area contributed by atoms with Crippen molar-refractivity contribution in [1.82, 2.24) is 5.32 Å². The number of hydrogen-bond acceptors (Lipinski definition) is 2. The van der Waals surface area contributed by atoms with Crippen LogP contribution in [-0.2, 0) is 0 Å². The first-order chi connectivity index (χ1) is 6.83. The van der Waals surface area contributed by atoms with Gasteiger partial charge >= 0.3 is 0 Å². The zero-order valence-electron chi connectivity index (χ0n) is 9.72. The average molecular weight is 215 g/mol. The Morgan fingerprint density at radius 3 is 2.57 bits per heavy atom. The molecule has 14 heavy (non-hydrogen) atoms. The summed E-state index contributed by atoms with van der Waals surface area (Å²) in [5.74, 6) is 4.49. The molecule has 0 amide bonds. The quantitative estimate of drug-likeness (QED) is 0.683. The van der Waals surface area contributed by atoms with E-state index in [1.165, 1.54) is 50.3 Å². The van der Waals surface area contributed by atoms with E-state index in [0.29, 0.717) is 0 Å². The van der Waals surface area contributed by atoms with Crippen molar-refractivity contribution in [3.05, 3.63) is 0 Å². The smallest absolute Gasteiger partial charge is 0.00580 e. The zero-order valence-corrected chi connectivity index (χ0v) is 10.5. The summed E-state index contributed by atoms with van der Waals surface area (Å²) in [6.45, 7) is 7.08. The lowest BCUT2D eigenvalue weighted by Crippen LogP contribution is -2.27. The van der Waals surface area contributed by atoms with Gasteiger partial charge in [-0.05, 0) is 37.0 Å². The Balaban J connectivity index is 1.91. The van der Waals surface area contributed by atoms with Crippen molar-refractivity contribution in [1.29, 1.82) is 0 Å². The maximum atomic E-state index is 3.58. The summed E-state index contributed by atoms with van der Waals surface area (Å²) < 4.78 is 0. The summed E-state index contributed by atoms with van der Waals surface area (Å²) >= 11 is 2.03. The topological polar surface area (TPSA) is 12.0 Å². The lowest BCUT2D eigenvalue weighted by Gasteiger charge is -2.26. The van der Waals surface area contributed by atoms with Crippen molar-refractivity contribution in [2.24, 2.45) is 11.8 Å². The number of hydrogen-bond donors (Lipinski definition) is 1. The van der Waals surface area contributed by atoms with Crippen molar-refractivity contribution in [2.45, 2.75) is 39.5 Å². The number of thioether (sulfide) groups is 1. The van der Waals surface area contributed by atoms with E-state index >= 15 is 0 Å². The highest BCUT2D eigenvalue weighted by Crippen LogP contribution is 2.27. The lowest BCUT2D eigenvalue weighted by molar-refractivity contribution is 0.283. The molecule has 1 nitrogen and oxygen atoms in total. The third-order valence-corrected chi connectivity index (χ3v) is 4.10.